The molecule has 0 saturated heterocycles. The van der Waals surface area contributed by atoms with Crippen LogP contribution in [0.3, 0.4) is 0 Å². The Morgan fingerprint density at radius 3 is 2.63 bits per heavy atom. The number of likely N-dealkylation sites (N-methyl/N-ethyl adjacent to an activating group) is 1. The summed E-state index contributed by atoms with van der Waals surface area (Å²) in [5, 5.41) is 9.77. The molecule has 2 N–H and O–H groups in total. The summed E-state index contributed by atoms with van der Waals surface area (Å²) in [6.45, 7) is 7.54. The summed E-state index contributed by atoms with van der Waals surface area (Å²) in [5.74, 6) is 0.726. The van der Waals surface area contributed by atoms with Gasteiger partial charge in [-0.1, -0.05) is 17.3 Å². The van der Waals surface area contributed by atoms with Crippen LogP contribution in [0, 0.1) is 6.92 Å². The van der Waals surface area contributed by atoms with Crippen LogP contribution in [0.5, 0.6) is 0 Å². The number of carbonyl (C=O) groups is 2. The molecule has 1 heterocycles. The maximum Gasteiger partial charge on any atom is 0.321 e. The number of nitrogens with one attached hydrogen (secondary N) is 2. The van der Waals surface area contributed by atoms with Gasteiger partial charge in [-0.3, -0.25) is 4.79 Å². The first-order chi connectivity index (χ1) is 16.8. The van der Waals surface area contributed by atoms with Crippen LogP contribution in [0.2, 0.25) is 0 Å². The Kier molecular flexibility index (Phi) is 9.37. The maximum absolute atomic E-state index is 12.4. The molecule has 35 heavy (non-hydrogen) atoms. The Labute approximate surface area is 205 Å². The third-order valence-electron chi connectivity index (χ3n) is 5.21. The first kappa shape index (κ1) is 25.9. The Bertz CT molecular complexity index is 1110. The molecule has 0 saturated carbocycles. The highest BCUT2D eigenvalue weighted by atomic mass is 16.5. The van der Waals surface area contributed by atoms with Crippen molar-refractivity contribution in [2.45, 2.75) is 39.7 Å². The molecular formula is C26H33N5O4. The molecule has 0 aliphatic heterocycles. The van der Waals surface area contributed by atoms with E-state index >= 15 is 0 Å². The van der Waals surface area contributed by atoms with Crippen LogP contribution < -0.4 is 10.6 Å². The molecule has 0 spiro atoms. The number of nitrogens with zero attached hydrogens (tertiary/aromatic N) is 3. The van der Waals surface area contributed by atoms with Crippen LogP contribution in [0.25, 0.3) is 11.5 Å². The van der Waals surface area contributed by atoms with Gasteiger partial charge < -0.3 is 24.8 Å². The van der Waals surface area contributed by atoms with Gasteiger partial charge in [0, 0.05) is 50.0 Å². The van der Waals surface area contributed by atoms with Gasteiger partial charge in [-0.15, -0.1) is 0 Å². The van der Waals surface area contributed by atoms with Crippen molar-refractivity contribution in [3.05, 3.63) is 65.5 Å². The number of anilines is 1. The van der Waals surface area contributed by atoms with Gasteiger partial charge in [0.25, 0.3) is 11.8 Å². The van der Waals surface area contributed by atoms with Crippen molar-refractivity contribution < 1.29 is 18.8 Å². The average molecular weight is 480 g/mol. The summed E-state index contributed by atoms with van der Waals surface area (Å²) < 4.78 is 10.8. The molecule has 3 amide bonds. The summed E-state index contributed by atoms with van der Waals surface area (Å²) >= 11 is 0. The third-order valence-corrected chi connectivity index (χ3v) is 5.21. The summed E-state index contributed by atoms with van der Waals surface area (Å²) in [5.41, 5.74) is 3.10. The van der Waals surface area contributed by atoms with Gasteiger partial charge in [0.1, 0.15) is 0 Å². The van der Waals surface area contributed by atoms with E-state index in [1.807, 2.05) is 45.0 Å². The minimum absolute atomic E-state index is 0.140. The molecule has 9 nitrogen and oxygen atoms in total. The number of aromatic nitrogens is 2. The quantitative estimate of drug-likeness (QED) is 0.397. The van der Waals surface area contributed by atoms with Gasteiger partial charge in [0.2, 0.25) is 0 Å². The maximum atomic E-state index is 12.4. The van der Waals surface area contributed by atoms with Crippen LogP contribution in [0.15, 0.2) is 53.1 Å². The van der Waals surface area contributed by atoms with Crippen molar-refractivity contribution in [2.24, 2.45) is 0 Å². The number of rotatable bonds is 11. The summed E-state index contributed by atoms with van der Waals surface area (Å²) in [7, 11) is 1.72. The molecule has 2 aromatic carbocycles. The summed E-state index contributed by atoms with van der Waals surface area (Å²) in [6, 6.07) is 14.4. The third kappa shape index (κ3) is 8.22. The number of ether oxygens (including phenoxy) is 1. The van der Waals surface area contributed by atoms with Gasteiger partial charge in [0.05, 0.1) is 6.10 Å². The van der Waals surface area contributed by atoms with Crippen molar-refractivity contribution in [2.75, 3.05) is 32.1 Å². The van der Waals surface area contributed by atoms with Gasteiger partial charge in [-0.05, 0) is 69.2 Å². The molecule has 1 aromatic heterocycles. The number of carbonyl (C=O) groups excluding carboxylic acids is 2. The smallest absolute Gasteiger partial charge is 0.321 e. The minimum Gasteiger partial charge on any atom is -0.379 e. The Balaban J connectivity index is 1.46. The van der Waals surface area contributed by atoms with Crippen LogP contribution in [-0.2, 0) is 11.2 Å². The van der Waals surface area contributed by atoms with E-state index in [0.29, 0.717) is 43.4 Å². The van der Waals surface area contributed by atoms with E-state index in [9.17, 15) is 9.59 Å². The van der Waals surface area contributed by atoms with Gasteiger partial charge in [-0.2, -0.15) is 4.98 Å². The second-order valence-corrected chi connectivity index (χ2v) is 8.59. The van der Waals surface area contributed by atoms with Crippen molar-refractivity contribution in [3.63, 3.8) is 0 Å². The average Bonchev–Trinajstić information content (AvgIpc) is 3.31. The highest BCUT2D eigenvalue weighted by molar-refractivity contribution is 5.94. The number of hydrogen-bond donors (Lipinski definition) is 2. The van der Waals surface area contributed by atoms with Crippen LogP contribution >= 0.6 is 0 Å². The Hall–Kier alpha value is -3.72. The lowest BCUT2D eigenvalue weighted by molar-refractivity contribution is 0.0757. The van der Waals surface area contributed by atoms with Gasteiger partial charge >= 0.3 is 6.03 Å². The summed E-state index contributed by atoms with van der Waals surface area (Å²) in [4.78, 5) is 30.7. The molecule has 186 valence electrons. The fourth-order valence-electron chi connectivity index (χ4n) is 3.24. The largest absolute Gasteiger partial charge is 0.379 e. The Morgan fingerprint density at radius 2 is 1.91 bits per heavy atom. The highest BCUT2D eigenvalue weighted by Gasteiger charge is 2.14. The Morgan fingerprint density at radius 1 is 1.14 bits per heavy atom. The predicted octanol–water partition coefficient (Wildman–Crippen LogP) is 4.30. The normalized spacial score (nSPS) is 10.9. The van der Waals surface area contributed by atoms with Gasteiger partial charge in [-0.25, -0.2) is 4.79 Å². The van der Waals surface area contributed by atoms with Crippen LogP contribution in [-0.4, -0.2) is 59.8 Å². The number of urea groups is 1. The molecule has 0 unspecified atom stereocenters. The number of aryl methyl sites for hydroxylation is 1. The van der Waals surface area contributed by atoms with Crippen LogP contribution in [0.1, 0.15) is 42.0 Å². The molecule has 3 rings (SSSR count). The fourth-order valence-corrected chi connectivity index (χ4v) is 3.24. The van der Waals surface area contributed by atoms with Crippen molar-refractivity contribution in [1.29, 1.82) is 0 Å². The number of hydrogen-bond acceptors (Lipinski definition) is 6. The molecule has 0 fully saturated rings. The van der Waals surface area contributed by atoms with E-state index < -0.39 is 0 Å². The standard InChI is InChI=1S/C26H33N5O4/c1-18(2)34-16-6-14-27-24(32)20-9-11-21(12-10-20)25-29-23(30-35-25)13-15-31(4)26(33)28-22-8-5-7-19(3)17-22/h5,7-12,17-18H,6,13-16H2,1-4H3,(H,27,32)(H,28,33). The molecule has 0 bridgehead atoms. The lowest BCUT2D eigenvalue weighted by Gasteiger charge is -2.17. The molecule has 0 aliphatic carbocycles. The molecule has 0 radical (unpaired) electrons. The molecular weight excluding hydrogens is 446 g/mol. The highest BCUT2D eigenvalue weighted by Crippen LogP contribution is 2.18. The predicted molar refractivity (Wildman–Crippen MR) is 134 cm³/mol. The minimum atomic E-state index is -0.208. The SMILES string of the molecule is Cc1cccc(NC(=O)N(C)CCc2noc(-c3ccc(C(=O)NCCCOC(C)C)cc3)n2)c1. The molecule has 9 heteroatoms. The first-order valence-electron chi connectivity index (χ1n) is 11.7. The topological polar surface area (TPSA) is 110 Å². The van der Waals surface area contributed by atoms with Crippen molar-refractivity contribution in [1.82, 2.24) is 20.4 Å². The lowest BCUT2D eigenvalue weighted by atomic mass is 10.1. The van der Waals surface area contributed by atoms with Crippen molar-refractivity contribution >= 4 is 17.6 Å². The lowest BCUT2D eigenvalue weighted by Crippen LogP contribution is -2.33. The summed E-state index contributed by atoms with van der Waals surface area (Å²) in [6.07, 6.45) is 1.39. The van der Waals surface area contributed by atoms with E-state index in [1.165, 1.54) is 0 Å². The molecule has 3 aromatic rings. The van der Waals surface area contributed by atoms with E-state index in [4.69, 9.17) is 9.26 Å². The zero-order chi connectivity index (χ0) is 25.2. The zero-order valence-electron chi connectivity index (χ0n) is 20.7. The van der Waals surface area contributed by atoms with Gasteiger partial charge in [0.15, 0.2) is 5.82 Å². The second kappa shape index (κ2) is 12.7. The van der Waals surface area contributed by atoms with E-state index in [-0.39, 0.29) is 18.0 Å². The van der Waals surface area contributed by atoms with E-state index in [0.717, 1.165) is 23.2 Å². The second-order valence-electron chi connectivity index (χ2n) is 8.59. The molecule has 0 aliphatic rings. The number of amides is 3. The molecule has 0 atom stereocenters. The van der Waals surface area contributed by atoms with E-state index in [2.05, 4.69) is 20.8 Å². The number of benzene rings is 2. The van der Waals surface area contributed by atoms with E-state index in [1.54, 1.807) is 36.2 Å². The first-order valence-corrected chi connectivity index (χ1v) is 11.7. The van der Waals surface area contributed by atoms with Crippen molar-refractivity contribution in [3.8, 4) is 11.5 Å². The van der Waals surface area contributed by atoms with Crippen LogP contribution in [0.4, 0.5) is 10.5 Å². The fraction of sp³-hybridized carbons (Fsp3) is 0.385. The zero-order valence-corrected chi connectivity index (χ0v) is 20.7. The monoisotopic (exact) mass is 479 g/mol.